The highest BCUT2D eigenvalue weighted by molar-refractivity contribution is 7.14. The predicted molar refractivity (Wildman–Crippen MR) is 72.7 cm³/mol. The minimum Gasteiger partial charge on any atom is -0.351 e. The maximum atomic E-state index is 12.0. The number of nitrogens with one attached hydrogen (secondary N) is 1. The highest BCUT2D eigenvalue weighted by Crippen LogP contribution is 2.30. The highest BCUT2D eigenvalue weighted by Gasteiger charge is 2.18. The van der Waals surface area contributed by atoms with Gasteiger partial charge in [0.05, 0.1) is 4.88 Å². The van der Waals surface area contributed by atoms with Crippen molar-refractivity contribution in [3.05, 3.63) is 21.4 Å². The Morgan fingerprint density at radius 3 is 2.82 bits per heavy atom. The molecule has 3 heteroatoms. The van der Waals surface area contributed by atoms with Gasteiger partial charge in [-0.3, -0.25) is 4.79 Å². The molecule has 0 unspecified atom stereocenters. The van der Waals surface area contributed by atoms with Gasteiger partial charge in [-0.05, 0) is 36.8 Å². The van der Waals surface area contributed by atoms with Gasteiger partial charge in [0.2, 0.25) is 0 Å². The maximum absolute atomic E-state index is 12.0. The first-order valence-electron chi connectivity index (χ1n) is 6.64. The second-order valence-corrected chi connectivity index (χ2v) is 5.94. The molecule has 1 aromatic heterocycles. The van der Waals surface area contributed by atoms with E-state index >= 15 is 0 Å². The lowest BCUT2D eigenvalue weighted by Crippen LogP contribution is -2.28. The smallest absolute Gasteiger partial charge is 0.261 e. The number of amides is 1. The maximum Gasteiger partial charge on any atom is 0.261 e. The molecular formula is C14H21NOS. The van der Waals surface area contributed by atoms with E-state index < -0.39 is 0 Å². The third-order valence-electron chi connectivity index (χ3n) is 3.68. The van der Waals surface area contributed by atoms with Crippen molar-refractivity contribution >= 4 is 17.2 Å². The van der Waals surface area contributed by atoms with Gasteiger partial charge in [-0.25, -0.2) is 0 Å². The molecule has 1 amide bonds. The number of carbonyl (C=O) groups excluding carboxylic acids is 1. The molecule has 0 aliphatic heterocycles. The molecule has 2 rings (SSSR count). The minimum absolute atomic E-state index is 0.122. The van der Waals surface area contributed by atoms with E-state index in [9.17, 15) is 4.79 Å². The third-order valence-corrected chi connectivity index (χ3v) is 4.91. The van der Waals surface area contributed by atoms with Gasteiger partial charge in [-0.2, -0.15) is 0 Å². The van der Waals surface area contributed by atoms with Crippen molar-refractivity contribution in [2.75, 3.05) is 6.54 Å². The van der Waals surface area contributed by atoms with E-state index in [2.05, 4.69) is 25.2 Å². The SMILES string of the molecule is CCC(CC)CNC(=O)c1cc2c(s1)CCC2. The van der Waals surface area contributed by atoms with Crippen LogP contribution in [0.1, 0.15) is 53.2 Å². The van der Waals surface area contributed by atoms with Crippen LogP contribution in [0.2, 0.25) is 0 Å². The van der Waals surface area contributed by atoms with E-state index in [0.29, 0.717) is 5.92 Å². The van der Waals surface area contributed by atoms with Gasteiger partial charge in [0, 0.05) is 11.4 Å². The summed E-state index contributed by atoms with van der Waals surface area (Å²) in [5.74, 6) is 0.738. The van der Waals surface area contributed by atoms with E-state index in [1.807, 2.05) is 0 Å². The van der Waals surface area contributed by atoms with Crippen LogP contribution in [0.5, 0.6) is 0 Å². The fraction of sp³-hybridized carbons (Fsp3) is 0.643. The second-order valence-electron chi connectivity index (χ2n) is 4.81. The van der Waals surface area contributed by atoms with Crippen LogP contribution in [-0.4, -0.2) is 12.5 Å². The van der Waals surface area contributed by atoms with Gasteiger partial charge in [-0.1, -0.05) is 26.7 Å². The molecule has 0 atom stereocenters. The molecule has 0 saturated carbocycles. The van der Waals surface area contributed by atoms with Crippen molar-refractivity contribution < 1.29 is 4.79 Å². The van der Waals surface area contributed by atoms with E-state index in [-0.39, 0.29) is 5.91 Å². The second kappa shape index (κ2) is 5.67. The quantitative estimate of drug-likeness (QED) is 0.853. The van der Waals surface area contributed by atoms with Crippen molar-refractivity contribution in [3.63, 3.8) is 0 Å². The van der Waals surface area contributed by atoms with Crippen LogP contribution in [0, 0.1) is 5.92 Å². The molecule has 0 saturated heterocycles. The van der Waals surface area contributed by atoms with Crippen molar-refractivity contribution in [1.29, 1.82) is 0 Å². The molecule has 1 aromatic rings. The Hall–Kier alpha value is -0.830. The Balaban J connectivity index is 1.91. The molecule has 94 valence electrons. The van der Waals surface area contributed by atoms with Crippen LogP contribution >= 0.6 is 11.3 Å². The number of aryl methyl sites for hydroxylation is 2. The van der Waals surface area contributed by atoms with Gasteiger partial charge >= 0.3 is 0 Å². The Kier molecular flexibility index (Phi) is 4.21. The van der Waals surface area contributed by atoms with Crippen LogP contribution in [0.3, 0.4) is 0 Å². The van der Waals surface area contributed by atoms with Gasteiger partial charge in [-0.15, -0.1) is 11.3 Å². The average Bonchev–Trinajstić information content (AvgIpc) is 2.90. The zero-order valence-electron chi connectivity index (χ0n) is 10.7. The molecule has 0 aromatic carbocycles. The van der Waals surface area contributed by atoms with Crippen LogP contribution in [0.25, 0.3) is 0 Å². The van der Waals surface area contributed by atoms with Crippen LogP contribution in [0.4, 0.5) is 0 Å². The molecule has 0 fully saturated rings. The topological polar surface area (TPSA) is 29.1 Å². The summed E-state index contributed by atoms with van der Waals surface area (Å²) in [7, 11) is 0. The summed E-state index contributed by atoms with van der Waals surface area (Å²) in [6.45, 7) is 5.18. The number of carbonyl (C=O) groups is 1. The van der Waals surface area contributed by atoms with E-state index in [0.717, 1.165) is 30.7 Å². The first-order chi connectivity index (χ1) is 8.24. The molecule has 1 aliphatic rings. The normalized spacial score (nSPS) is 14.1. The van der Waals surface area contributed by atoms with Gasteiger partial charge in [0.1, 0.15) is 0 Å². The zero-order valence-corrected chi connectivity index (χ0v) is 11.5. The van der Waals surface area contributed by atoms with Crippen molar-refractivity contribution in [3.8, 4) is 0 Å². The molecule has 1 N–H and O–H groups in total. The van der Waals surface area contributed by atoms with Gasteiger partial charge in [0.15, 0.2) is 0 Å². The van der Waals surface area contributed by atoms with Gasteiger partial charge in [0.25, 0.3) is 5.91 Å². The number of rotatable bonds is 5. The Labute approximate surface area is 107 Å². The first-order valence-corrected chi connectivity index (χ1v) is 7.46. The molecule has 0 radical (unpaired) electrons. The number of hydrogen-bond acceptors (Lipinski definition) is 2. The fourth-order valence-corrected chi connectivity index (χ4v) is 3.51. The summed E-state index contributed by atoms with van der Waals surface area (Å²) >= 11 is 1.68. The molecule has 17 heavy (non-hydrogen) atoms. The van der Waals surface area contributed by atoms with Crippen molar-refractivity contribution in [1.82, 2.24) is 5.32 Å². The summed E-state index contributed by atoms with van der Waals surface area (Å²) in [6.07, 6.45) is 5.86. The molecule has 1 heterocycles. The highest BCUT2D eigenvalue weighted by atomic mass is 32.1. The van der Waals surface area contributed by atoms with Crippen LogP contribution in [0.15, 0.2) is 6.07 Å². The summed E-state index contributed by atoms with van der Waals surface area (Å²) in [5, 5.41) is 3.06. The number of fused-ring (bicyclic) bond motifs is 1. The first kappa shape index (κ1) is 12.6. The lowest BCUT2D eigenvalue weighted by molar-refractivity contribution is 0.0950. The Bertz CT molecular complexity index is 371. The van der Waals surface area contributed by atoms with Crippen molar-refractivity contribution in [2.24, 2.45) is 5.92 Å². The molecule has 1 aliphatic carbocycles. The standard InChI is InChI=1S/C14H21NOS/c1-3-10(4-2)9-15-14(16)13-8-11-6-5-7-12(11)17-13/h8,10H,3-7,9H2,1-2H3,(H,15,16). The summed E-state index contributed by atoms with van der Waals surface area (Å²) in [6, 6.07) is 2.09. The van der Waals surface area contributed by atoms with E-state index in [4.69, 9.17) is 0 Å². The largest absolute Gasteiger partial charge is 0.351 e. The number of hydrogen-bond donors (Lipinski definition) is 1. The zero-order chi connectivity index (χ0) is 12.3. The molecule has 0 spiro atoms. The molecule has 0 bridgehead atoms. The lowest BCUT2D eigenvalue weighted by Gasteiger charge is -2.12. The minimum atomic E-state index is 0.122. The van der Waals surface area contributed by atoms with Crippen LogP contribution < -0.4 is 5.32 Å². The van der Waals surface area contributed by atoms with Crippen LogP contribution in [-0.2, 0) is 12.8 Å². The fourth-order valence-electron chi connectivity index (χ4n) is 2.34. The number of thiophene rings is 1. The van der Waals surface area contributed by atoms with Crippen molar-refractivity contribution in [2.45, 2.75) is 46.0 Å². The van der Waals surface area contributed by atoms with E-state index in [1.54, 1.807) is 11.3 Å². The lowest BCUT2D eigenvalue weighted by atomic mass is 10.0. The predicted octanol–water partition coefficient (Wildman–Crippen LogP) is 3.40. The Morgan fingerprint density at radius 1 is 1.41 bits per heavy atom. The summed E-state index contributed by atoms with van der Waals surface area (Å²) < 4.78 is 0. The Morgan fingerprint density at radius 2 is 2.18 bits per heavy atom. The monoisotopic (exact) mass is 251 g/mol. The average molecular weight is 251 g/mol. The molecular weight excluding hydrogens is 230 g/mol. The third kappa shape index (κ3) is 2.89. The van der Waals surface area contributed by atoms with E-state index in [1.165, 1.54) is 23.3 Å². The van der Waals surface area contributed by atoms with Gasteiger partial charge < -0.3 is 5.32 Å². The summed E-state index contributed by atoms with van der Waals surface area (Å²) in [5.41, 5.74) is 1.41. The summed E-state index contributed by atoms with van der Waals surface area (Å²) in [4.78, 5) is 14.3. The molecule has 2 nitrogen and oxygen atoms in total.